The zero-order chi connectivity index (χ0) is 15.5. The molecule has 1 aliphatic carbocycles. The van der Waals surface area contributed by atoms with Gasteiger partial charge in [0.2, 0.25) is 5.91 Å². The zero-order valence-electron chi connectivity index (χ0n) is 13.8. The molecule has 1 atom stereocenters. The molecule has 0 radical (unpaired) electrons. The molecule has 1 saturated carbocycles. The quantitative estimate of drug-likeness (QED) is 0.662. The number of nitrogens with two attached hydrogens (primary N) is 1. The molecule has 2 fully saturated rings. The minimum atomic E-state index is -0.536. The van der Waals surface area contributed by atoms with Crippen LogP contribution in [0.2, 0.25) is 0 Å². The molecule has 0 aromatic carbocycles. The maximum absolute atomic E-state index is 11.7. The predicted molar refractivity (Wildman–Crippen MR) is 84.1 cm³/mol. The van der Waals surface area contributed by atoms with Crippen molar-refractivity contribution in [1.82, 2.24) is 10.2 Å². The van der Waals surface area contributed by atoms with E-state index in [-0.39, 0.29) is 11.5 Å². The molecule has 3 N–H and O–H groups in total. The molecule has 1 heterocycles. The Morgan fingerprint density at radius 1 is 1.43 bits per heavy atom. The van der Waals surface area contributed by atoms with Crippen LogP contribution in [0.25, 0.3) is 0 Å². The molecule has 1 aliphatic heterocycles. The lowest BCUT2D eigenvalue weighted by Gasteiger charge is -2.38. The van der Waals surface area contributed by atoms with Gasteiger partial charge in [0.25, 0.3) is 0 Å². The van der Waals surface area contributed by atoms with Gasteiger partial charge in [0.1, 0.15) is 0 Å². The molecule has 0 spiro atoms. The van der Waals surface area contributed by atoms with Crippen LogP contribution in [0.4, 0.5) is 0 Å². The van der Waals surface area contributed by atoms with Gasteiger partial charge >= 0.3 is 0 Å². The monoisotopic (exact) mass is 297 g/mol. The third kappa shape index (κ3) is 5.24. The Morgan fingerprint density at radius 3 is 2.71 bits per heavy atom. The largest absolute Gasteiger partial charge is 0.373 e. The van der Waals surface area contributed by atoms with Crippen LogP contribution in [-0.2, 0) is 9.53 Å². The number of morpholine rings is 1. The number of unbranched alkanes of at least 4 members (excludes halogenated alkanes) is 1. The molecular formula is C16H31N3O2. The van der Waals surface area contributed by atoms with Gasteiger partial charge in [0, 0.05) is 19.1 Å². The number of amides is 1. The van der Waals surface area contributed by atoms with Crippen LogP contribution in [0.5, 0.6) is 0 Å². The summed E-state index contributed by atoms with van der Waals surface area (Å²) in [6.07, 6.45) is 5.30. The number of nitrogens with zero attached hydrogens (tertiary/aromatic N) is 1. The molecule has 0 aromatic rings. The van der Waals surface area contributed by atoms with E-state index in [9.17, 15) is 4.79 Å². The Balaban J connectivity index is 1.69. The average molecular weight is 297 g/mol. The number of hydrogen-bond acceptors (Lipinski definition) is 4. The second-order valence-electron chi connectivity index (χ2n) is 7.46. The molecule has 0 bridgehead atoms. The maximum atomic E-state index is 11.7. The third-order valence-corrected chi connectivity index (χ3v) is 4.55. The predicted octanol–water partition coefficient (Wildman–Crippen LogP) is 1.26. The normalized spacial score (nSPS) is 25.5. The summed E-state index contributed by atoms with van der Waals surface area (Å²) < 4.78 is 5.73. The molecule has 0 aromatic heterocycles. The SMILES string of the molecule is CC1(C)CN(CCCCC(C)(NC2CC2)C(N)=O)CCO1. The van der Waals surface area contributed by atoms with Crippen molar-refractivity contribution in [1.29, 1.82) is 0 Å². The van der Waals surface area contributed by atoms with Crippen molar-refractivity contribution in [2.45, 2.75) is 70.1 Å². The van der Waals surface area contributed by atoms with Gasteiger partial charge in [0.05, 0.1) is 17.7 Å². The smallest absolute Gasteiger partial charge is 0.237 e. The molecule has 1 amide bonds. The van der Waals surface area contributed by atoms with E-state index in [1.165, 1.54) is 12.8 Å². The summed E-state index contributed by atoms with van der Waals surface area (Å²) in [5, 5.41) is 3.41. The molecule has 2 rings (SSSR count). The highest BCUT2D eigenvalue weighted by molar-refractivity contribution is 5.84. The van der Waals surface area contributed by atoms with Gasteiger partial charge in [0.15, 0.2) is 0 Å². The number of rotatable bonds is 8. The first-order chi connectivity index (χ1) is 9.81. The van der Waals surface area contributed by atoms with E-state index in [0.717, 1.165) is 45.5 Å². The average Bonchev–Trinajstić information content (AvgIpc) is 3.17. The Morgan fingerprint density at radius 2 is 2.14 bits per heavy atom. The third-order valence-electron chi connectivity index (χ3n) is 4.55. The number of carbonyl (C=O) groups is 1. The molecule has 122 valence electrons. The van der Waals surface area contributed by atoms with Crippen LogP contribution in [0.15, 0.2) is 0 Å². The van der Waals surface area contributed by atoms with Crippen molar-refractivity contribution >= 4 is 5.91 Å². The highest BCUT2D eigenvalue weighted by atomic mass is 16.5. The zero-order valence-corrected chi connectivity index (χ0v) is 13.8. The lowest BCUT2D eigenvalue weighted by Crippen LogP contribution is -2.54. The molecule has 21 heavy (non-hydrogen) atoms. The van der Waals surface area contributed by atoms with E-state index < -0.39 is 5.54 Å². The summed E-state index contributed by atoms with van der Waals surface area (Å²) in [6.45, 7) is 10.1. The van der Waals surface area contributed by atoms with Crippen molar-refractivity contribution in [3.05, 3.63) is 0 Å². The van der Waals surface area contributed by atoms with Crippen molar-refractivity contribution in [2.75, 3.05) is 26.2 Å². The van der Waals surface area contributed by atoms with Gasteiger partial charge in [-0.1, -0.05) is 0 Å². The van der Waals surface area contributed by atoms with E-state index in [1.54, 1.807) is 0 Å². The molecule has 5 heteroatoms. The first-order valence-corrected chi connectivity index (χ1v) is 8.25. The van der Waals surface area contributed by atoms with Gasteiger partial charge < -0.3 is 15.8 Å². The number of carbonyl (C=O) groups excluding carboxylic acids is 1. The summed E-state index contributed by atoms with van der Waals surface area (Å²) in [5.74, 6) is -0.220. The Kier molecular flexibility index (Phi) is 5.28. The van der Waals surface area contributed by atoms with Crippen LogP contribution in [0, 0.1) is 0 Å². The Hall–Kier alpha value is -0.650. The number of hydrogen-bond donors (Lipinski definition) is 2. The summed E-state index contributed by atoms with van der Waals surface area (Å²) >= 11 is 0. The van der Waals surface area contributed by atoms with E-state index in [1.807, 2.05) is 6.92 Å². The molecular weight excluding hydrogens is 266 g/mol. The van der Waals surface area contributed by atoms with Crippen molar-refractivity contribution < 1.29 is 9.53 Å². The number of primary amides is 1. The van der Waals surface area contributed by atoms with Gasteiger partial charge in [-0.15, -0.1) is 0 Å². The van der Waals surface area contributed by atoms with E-state index in [2.05, 4.69) is 24.1 Å². The highest BCUT2D eigenvalue weighted by Gasteiger charge is 2.36. The van der Waals surface area contributed by atoms with Crippen LogP contribution < -0.4 is 11.1 Å². The lowest BCUT2D eigenvalue weighted by molar-refractivity contribution is -0.124. The van der Waals surface area contributed by atoms with Crippen molar-refractivity contribution in [2.24, 2.45) is 5.73 Å². The number of nitrogens with one attached hydrogen (secondary N) is 1. The first-order valence-electron chi connectivity index (χ1n) is 8.25. The summed E-state index contributed by atoms with van der Waals surface area (Å²) in [6, 6.07) is 0.502. The minimum absolute atomic E-state index is 0.0342. The first kappa shape index (κ1) is 16.7. The standard InChI is InChI=1S/C16H31N3O2/c1-15(2)12-19(10-11-21-15)9-5-4-8-16(3,14(17)20)18-13-6-7-13/h13,18H,4-12H2,1-3H3,(H2,17,20). The van der Waals surface area contributed by atoms with E-state index in [0.29, 0.717) is 6.04 Å². The fourth-order valence-electron chi connectivity index (χ4n) is 3.06. The topological polar surface area (TPSA) is 67.6 Å². The van der Waals surface area contributed by atoms with E-state index in [4.69, 9.17) is 10.5 Å². The minimum Gasteiger partial charge on any atom is -0.373 e. The number of ether oxygens (including phenoxy) is 1. The molecule has 1 saturated heterocycles. The fourth-order valence-corrected chi connectivity index (χ4v) is 3.06. The molecule has 2 aliphatic rings. The van der Waals surface area contributed by atoms with Gasteiger partial charge in [-0.3, -0.25) is 9.69 Å². The van der Waals surface area contributed by atoms with Gasteiger partial charge in [-0.2, -0.15) is 0 Å². The van der Waals surface area contributed by atoms with Crippen molar-refractivity contribution in [3.8, 4) is 0 Å². The van der Waals surface area contributed by atoms with Gasteiger partial charge in [-0.05, 0) is 59.4 Å². The summed E-state index contributed by atoms with van der Waals surface area (Å²) in [7, 11) is 0. The molecule has 1 unspecified atom stereocenters. The molecule has 5 nitrogen and oxygen atoms in total. The summed E-state index contributed by atoms with van der Waals surface area (Å²) in [4.78, 5) is 14.2. The Bertz CT molecular complexity index is 369. The van der Waals surface area contributed by atoms with Crippen LogP contribution in [0.1, 0.15) is 52.9 Å². The van der Waals surface area contributed by atoms with Crippen LogP contribution >= 0.6 is 0 Å². The lowest BCUT2D eigenvalue weighted by atomic mass is 9.93. The second-order valence-corrected chi connectivity index (χ2v) is 7.46. The van der Waals surface area contributed by atoms with Crippen LogP contribution in [-0.4, -0.2) is 54.2 Å². The Labute approximate surface area is 128 Å². The second kappa shape index (κ2) is 6.63. The fraction of sp³-hybridized carbons (Fsp3) is 0.938. The van der Waals surface area contributed by atoms with Gasteiger partial charge in [-0.25, -0.2) is 0 Å². The summed E-state index contributed by atoms with van der Waals surface area (Å²) in [5.41, 5.74) is 5.01. The maximum Gasteiger partial charge on any atom is 0.237 e. The van der Waals surface area contributed by atoms with Crippen LogP contribution in [0.3, 0.4) is 0 Å². The van der Waals surface area contributed by atoms with E-state index >= 15 is 0 Å². The highest BCUT2D eigenvalue weighted by Crippen LogP contribution is 2.25. The van der Waals surface area contributed by atoms with Crippen molar-refractivity contribution in [3.63, 3.8) is 0 Å².